The maximum absolute atomic E-state index is 13.5. The van der Waals surface area contributed by atoms with Crippen molar-refractivity contribution in [2.24, 2.45) is 0 Å². The van der Waals surface area contributed by atoms with Crippen LogP contribution in [0.5, 0.6) is 0 Å². The standard InChI is InChI=1S/C26H40N4O3/c1-8-29(9-2)16-10-11-19(3)30(18-24(31)27-23-17-20(4)33-28-23)25(32)21-12-14-22(15-13-21)26(5,6)7/h12-15,17,19H,8-11,16,18H2,1-7H3,(H,27,28,31). The van der Waals surface area contributed by atoms with Crippen LogP contribution in [0.1, 0.15) is 76.1 Å². The van der Waals surface area contributed by atoms with Crippen molar-refractivity contribution < 1.29 is 14.1 Å². The molecule has 2 rings (SSSR count). The number of carbonyl (C=O) groups excluding carboxylic acids is 2. The summed E-state index contributed by atoms with van der Waals surface area (Å²) >= 11 is 0. The first-order chi connectivity index (χ1) is 15.5. The molecule has 1 atom stereocenters. The maximum Gasteiger partial charge on any atom is 0.254 e. The molecule has 7 nitrogen and oxygen atoms in total. The van der Waals surface area contributed by atoms with E-state index in [0.717, 1.165) is 38.0 Å². The van der Waals surface area contributed by atoms with Crippen LogP contribution in [0.2, 0.25) is 0 Å². The normalized spacial score (nSPS) is 12.6. The zero-order valence-electron chi connectivity index (χ0n) is 21.3. The molecule has 0 aliphatic rings. The Balaban J connectivity index is 2.15. The molecule has 1 aromatic carbocycles. The summed E-state index contributed by atoms with van der Waals surface area (Å²) in [4.78, 5) is 30.2. The number of hydrogen-bond acceptors (Lipinski definition) is 5. The number of nitrogens with one attached hydrogen (secondary N) is 1. The lowest BCUT2D eigenvalue weighted by atomic mass is 9.86. The highest BCUT2D eigenvalue weighted by Gasteiger charge is 2.25. The number of aryl methyl sites for hydroxylation is 1. The molecule has 2 amide bonds. The third-order valence-corrected chi connectivity index (χ3v) is 5.99. The molecule has 0 spiro atoms. The maximum atomic E-state index is 13.5. The molecule has 1 heterocycles. The van der Waals surface area contributed by atoms with E-state index in [2.05, 4.69) is 50.0 Å². The molecule has 7 heteroatoms. The van der Waals surface area contributed by atoms with E-state index in [9.17, 15) is 9.59 Å². The molecule has 182 valence electrons. The van der Waals surface area contributed by atoms with Gasteiger partial charge in [0.05, 0.1) is 0 Å². The summed E-state index contributed by atoms with van der Waals surface area (Å²) in [5.41, 5.74) is 1.76. The van der Waals surface area contributed by atoms with Crippen LogP contribution in [0.4, 0.5) is 5.82 Å². The van der Waals surface area contributed by atoms with Gasteiger partial charge in [-0.05, 0) is 69.4 Å². The second kappa shape index (κ2) is 12.0. The topological polar surface area (TPSA) is 78.7 Å². The summed E-state index contributed by atoms with van der Waals surface area (Å²) in [5, 5.41) is 6.55. The van der Waals surface area contributed by atoms with Crippen LogP contribution in [-0.4, -0.2) is 59.0 Å². The van der Waals surface area contributed by atoms with Gasteiger partial charge in [0.1, 0.15) is 12.3 Å². The highest BCUT2D eigenvalue weighted by Crippen LogP contribution is 2.23. The number of hydrogen-bond donors (Lipinski definition) is 1. The molecule has 0 saturated carbocycles. The predicted octanol–water partition coefficient (Wildman–Crippen LogP) is 4.87. The van der Waals surface area contributed by atoms with Gasteiger partial charge in [-0.1, -0.05) is 51.9 Å². The second-order valence-corrected chi connectivity index (χ2v) is 9.65. The van der Waals surface area contributed by atoms with E-state index in [-0.39, 0.29) is 29.8 Å². The molecule has 0 bridgehead atoms. The summed E-state index contributed by atoms with van der Waals surface area (Å²) in [5.74, 6) is 0.534. The quantitative estimate of drug-likeness (QED) is 0.522. The molecule has 1 N–H and O–H groups in total. The van der Waals surface area contributed by atoms with Gasteiger partial charge >= 0.3 is 0 Å². The first kappa shape index (κ1) is 26.6. The highest BCUT2D eigenvalue weighted by molar-refractivity contribution is 5.99. The van der Waals surface area contributed by atoms with Crippen LogP contribution >= 0.6 is 0 Å². The number of nitrogens with zero attached hydrogens (tertiary/aromatic N) is 3. The first-order valence-electron chi connectivity index (χ1n) is 11.9. The molecule has 0 fully saturated rings. The zero-order chi connectivity index (χ0) is 24.6. The number of anilines is 1. The SMILES string of the molecule is CCN(CC)CCCC(C)N(CC(=O)Nc1cc(C)on1)C(=O)c1ccc(C(C)(C)C)cc1. The largest absolute Gasteiger partial charge is 0.360 e. The minimum Gasteiger partial charge on any atom is -0.360 e. The van der Waals surface area contributed by atoms with Crippen LogP contribution in [0, 0.1) is 6.92 Å². The van der Waals surface area contributed by atoms with Gasteiger partial charge in [0, 0.05) is 17.7 Å². The summed E-state index contributed by atoms with van der Waals surface area (Å²) in [7, 11) is 0. The van der Waals surface area contributed by atoms with Crippen molar-refractivity contribution in [1.29, 1.82) is 0 Å². The van der Waals surface area contributed by atoms with Gasteiger partial charge in [0.2, 0.25) is 5.91 Å². The van der Waals surface area contributed by atoms with Crippen LogP contribution in [0.3, 0.4) is 0 Å². The number of rotatable bonds is 11. The number of benzene rings is 1. The summed E-state index contributed by atoms with van der Waals surface area (Å²) in [6, 6.07) is 9.28. The Kier molecular flexibility index (Phi) is 9.65. The van der Waals surface area contributed by atoms with E-state index in [1.165, 1.54) is 0 Å². The summed E-state index contributed by atoms with van der Waals surface area (Å²) < 4.78 is 5.02. The average molecular weight is 457 g/mol. The first-order valence-corrected chi connectivity index (χ1v) is 11.9. The number of aromatic nitrogens is 1. The van der Waals surface area contributed by atoms with Crippen molar-refractivity contribution >= 4 is 17.6 Å². The van der Waals surface area contributed by atoms with Gasteiger partial charge in [0.15, 0.2) is 5.82 Å². The van der Waals surface area contributed by atoms with Gasteiger partial charge < -0.3 is 19.6 Å². The van der Waals surface area contributed by atoms with Crippen LogP contribution in [0.25, 0.3) is 0 Å². The molecular formula is C26H40N4O3. The summed E-state index contributed by atoms with van der Waals surface area (Å²) in [6.07, 6.45) is 1.78. The Morgan fingerprint density at radius 2 is 1.76 bits per heavy atom. The van der Waals surface area contributed by atoms with Crippen molar-refractivity contribution in [3.8, 4) is 0 Å². The van der Waals surface area contributed by atoms with Gasteiger partial charge in [-0.15, -0.1) is 0 Å². The Bertz CT molecular complexity index is 895. The van der Waals surface area contributed by atoms with E-state index in [4.69, 9.17) is 4.52 Å². The van der Waals surface area contributed by atoms with E-state index in [0.29, 0.717) is 17.1 Å². The van der Waals surface area contributed by atoms with Crippen molar-refractivity contribution in [3.63, 3.8) is 0 Å². The van der Waals surface area contributed by atoms with Crippen molar-refractivity contribution in [3.05, 3.63) is 47.2 Å². The molecule has 2 aromatic rings. The Morgan fingerprint density at radius 3 is 2.27 bits per heavy atom. The molecule has 0 saturated heterocycles. The lowest BCUT2D eigenvalue weighted by Crippen LogP contribution is -2.44. The Labute approximate surface area is 198 Å². The number of amides is 2. The highest BCUT2D eigenvalue weighted by atomic mass is 16.5. The van der Waals surface area contributed by atoms with E-state index < -0.39 is 0 Å². The summed E-state index contributed by atoms with van der Waals surface area (Å²) in [6.45, 7) is 17.5. The minimum absolute atomic E-state index is 0.00853. The van der Waals surface area contributed by atoms with Crippen molar-refractivity contribution in [1.82, 2.24) is 15.0 Å². The van der Waals surface area contributed by atoms with Gasteiger partial charge in [-0.2, -0.15) is 0 Å². The fourth-order valence-electron chi connectivity index (χ4n) is 3.77. The van der Waals surface area contributed by atoms with Crippen LogP contribution < -0.4 is 5.32 Å². The Morgan fingerprint density at radius 1 is 1.12 bits per heavy atom. The van der Waals surface area contributed by atoms with Gasteiger partial charge in [0.25, 0.3) is 5.91 Å². The fourth-order valence-corrected chi connectivity index (χ4v) is 3.77. The third-order valence-electron chi connectivity index (χ3n) is 5.99. The molecule has 1 unspecified atom stereocenters. The minimum atomic E-state index is -0.293. The van der Waals surface area contributed by atoms with Crippen LogP contribution in [0.15, 0.2) is 34.9 Å². The molecular weight excluding hydrogens is 416 g/mol. The second-order valence-electron chi connectivity index (χ2n) is 9.65. The number of carbonyl (C=O) groups is 2. The smallest absolute Gasteiger partial charge is 0.254 e. The molecule has 1 aromatic heterocycles. The van der Waals surface area contributed by atoms with Crippen molar-refractivity contribution in [2.45, 2.75) is 72.8 Å². The van der Waals surface area contributed by atoms with Gasteiger partial charge in [-0.25, -0.2) is 0 Å². The molecule has 33 heavy (non-hydrogen) atoms. The molecule has 0 radical (unpaired) electrons. The molecule has 0 aliphatic carbocycles. The lowest BCUT2D eigenvalue weighted by molar-refractivity contribution is -0.117. The predicted molar refractivity (Wildman–Crippen MR) is 133 cm³/mol. The van der Waals surface area contributed by atoms with Crippen LogP contribution in [-0.2, 0) is 10.2 Å². The Hall–Kier alpha value is -2.67. The molecule has 0 aliphatic heterocycles. The third kappa shape index (κ3) is 8.00. The van der Waals surface area contributed by atoms with E-state index in [1.807, 2.05) is 31.2 Å². The zero-order valence-corrected chi connectivity index (χ0v) is 21.3. The average Bonchev–Trinajstić information content (AvgIpc) is 3.18. The lowest BCUT2D eigenvalue weighted by Gasteiger charge is -2.30. The van der Waals surface area contributed by atoms with E-state index >= 15 is 0 Å². The van der Waals surface area contributed by atoms with Crippen molar-refractivity contribution in [2.75, 3.05) is 31.5 Å². The fraction of sp³-hybridized carbons (Fsp3) is 0.577. The monoisotopic (exact) mass is 456 g/mol. The van der Waals surface area contributed by atoms with E-state index in [1.54, 1.807) is 17.9 Å². The van der Waals surface area contributed by atoms with Gasteiger partial charge in [-0.3, -0.25) is 9.59 Å².